The summed E-state index contributed by atoms with van der Waals surface area (Å²) < 4.78 is 6.78. The number of benzene rings is 7. The van der Waals surface area contributed by atoms with Crippen molar-refractivity contribution in [3.8, 4) is 62.5 Å². The molecule has 2 N–H and O–H groups in total. The van der Waals surface area contributed by atoms with Gasteiger partial charge >= 0.3 is 0 Å². The van der Waals surface area contributed by atoms with E-state index in [1.54, 1.807) is 0 Å². The van der Waals surface area contributed by atoms with E-state index in [4.69, 9.17) is 9.97 Å². The molecule has 0 aliphatic carbocycles. The maximum absolute atomic E-state index is 12.8. The van der Waals surface area contributed by atoms with Crippen molar-refractivity contribution in [2.75, 3.05) is 0 Å². The molecule has 0 aliphatic rings. The first kappa shape index (κ1) is 52.2. The van der Waals surface area contributed by atoms with Crippen molar-refractivity contribution in [2.45, 2.75) is 131 Å². The second-order valence-corrected chi connectivity index (χ2v) is 25.2. The quantitative estimate of drug-likeness (QED) is 0.174. The zero-order valence-corrected chi connectivity index (χ0v) is 48.1. The number of para-hydroxylation sites is 2. The minimum atomic E-state index is -0.379. The largest absolute Gasteiger partial charge is 0.507 e. The van der Waals surface area contributed by atoms with Crippen LogP contribution < -0.4 is 0 Å². The summed E-state index contributed by atoms with van der Waals surface area (Å²) in [4.78, 5) is 11.6. The third kappa shape index (κ3) is 8.99. The Balaban J connectivity index is 0.00000672. The van der Waals surface area contributed by atoms with Crippen molar-refractivity contribution >= 4 is 33.1 Å². The van der Waals surface area contributed by atoms with Crippen molar-refractivity contribution in [2.24, 2.45) is 0 Å². The Kier molecular flexibility index (Phi) is 12.9. The molecule has 74 heavy (non-hydrogen) atoms. The van der Waals surface area contributed by atoms with Crippen LogP contribution in [0.15, 0.2) is 146 Å². The number of hydrogen-bond donors (Lipinski definition) is 2. The molecule has 7 aromatic carbocycles. The van der Waals surface area contributed by atoms with E-state index in [0.717, 1.165) is 83.5 Å². The number of hydrogen-bond acceptors (Lipinski definition) is 4. The molecule has 0 fully saturated rings. The molecule has 0 unspecified atom stereocenters. The van der Waals surface area contributed by atoms with Crippen LogP contribution in [-0.2, 0) is 48.1 Å². The first-order chi connectivity index (χ1) is 34.2. The molecule has 0 aliphatic heterocycles. The molecular formula is C66H71N5O2Pt. The number of aromatic hydroxyl groups is 2. The zero-order valence-electron chi connectivity index (χ0n) is 45.8. The van der Waals surface area contributed by atoms with Gasteiger partial charge in [-0.25, -0.2) is 9.97 Å². The van der Waals surface area contributed by atoms with Gasteiger partial charge in [-0.15, -0.1) is 0 Å². The van der Waals surface area contributed by atoms with Crippen LogP contribution in [0, 0.1) is 0 Å². The van der Waals surface area contributed by atoms with E-state index >= 15 is 0 Å². The summed E-state index contributed by atoms with van der Waals surface area (Å²) in [5.41, 5.74) is 14.2. The van der Waals surface area contributed by atoms with Crippen LogP contribution in [0.25, 0.3) is 84.1 Å². The van der Waals surface area contributed by atoms with Gasteiger partial charge in [0.25, 0.3) is 0 Å². The molecule has 3 aromatic heterocycles. The molecule has 0 spiro atoms. The van der Waals surface area contributed by atoms with E-state index in [0.29, 0.717) is 22.8 Å². The summed E-state index contributed by atoms with van der Waals surface area (Å²) in [6.45, 7) is 33.0. The Morgan fingerprint density at radius 2 is 0.797 bits per heavy atom. The third-order valence-electron chi connectivity index (χ3n) is 14.6. The van der Waals surface area contributed by atoms with Crippen LogP contribution in [0.4, 0.5) is 0 Å². The van der Waals surface area contributed by atoms with E-state index < -0.39 is 0 Å². The minimum Gasteiger partial charge on any atom is -0.507 e. The first-order valence-corrected chi connectivity index (χ1v) is 25.8. The summed E-state index contributed by atoms with van der Waals surface area (Å²) in [5.74, 6) is 1.69. The summed E-state index contributed by atoms with van der Waals surface area (Å²) in [5, 5.41) is 26.3. The predicted octanol–water partition coefficient (Wildman–Crippen LogP) is 17.2. The SMILES string of the molecule is CC(C)(C)c1ccc(-n2c(-c3cc(C(C)(C)C)cc(C(C)(C)C)c3O)nc3c4c5nc(-c6cc(C(C)(C)C)cc(C(C)(C)C)c6O)n(-c6ccccc6)c5n(-c5ccccc5)c4ccc32)c(-c2ccccc2)c1.[Pt]. The summed E-state index contributed by atoms with van der Waals surface area (Å²) >= 11 is 0. The Bertz CT molecular complexity index is 3750. The van der Waals surface area contributed by atoms with Gasteiger partial charge in [0.05, 0.1) is 33.2 Å². The maximum atomic E-state index is 12.8. The van der Waals surface area contributed by atoms with Crippen LogP contribution in [0.5, 0.6) is 11.5 Å². The topological polar surface area (TPSA) is 81.0 Å². The molecule has 0 radical (unpaired) electrons. The van der Waals surface area contributed by atoms with E-state index in [1.807, 2.05) is 12.1 Å². The molecule has 10 aromatic rings. The number of nitrogens with zero attached hydrogens (tertiary/aromatic N) is 5. The van der Waals surface area contributed by atoms with Gasteiger partial charge in [-0.05, 0) is 110 Å². The summed E-state index contributed by atoms with van der Waals surface area (Å²) in [6.07, 6.45) is 0. The molecule has 0 amide bonds. The van der Waals surface area contributed by atoms with Gasteiger partial charge < -0.3 is 10.2 Å². The second kappa shape index (κ2) is 18.3. The van der Waals surface area contributed by atoms with Gasteiger partial charge in [0.1, 0.15) is 28.4 Å². The van der Waals surface area contributed by atoms with Gasteiger partial charge in [0, 0.05) is 49.1 Å². The van der Waals surface area contributed by atoms with Crippen LogP contribution in [-0.4, -0.2) is 33.9 Å². The Morgan fingerprint density at radius 1 is 0.378 bits per heavy atom. The molecule has 0 bridgehead atoms. The molecule has 7 nitrogen and oxygen atoms in total. The van der Waals surface area contributed by atoms with Gasteiger partial charge in [-0.3, -0.25) is 13.7 Å². The van der Waals surface area contributed by atoms with Crippen molar-refractivity contribution in [1.29, 1.82) is 0 Å². The molecule has 10 rings (SSSR count). The smallest absolute Gasteiger partial charge is 0.151 e. The van der Waals surface area contributed by atoms with E-state index in [-0.39, 0.29) is 59.6 Å². The third-order valence-corrected chi connectivity index (χ3v) is 14.6. The Hall–Kier alpha value is -6.69. The molecule has 382 valence electrons. The Morgan fingerprint density at radius 3 is 1.27 bits per heavy atom. The van der Waals surface area contributed by atoms with Crippen LogP contribution in [0.1, 0.15) is 132 Å². The number of rotatable bonds is 6. The molecular weight excluding hydrogens is 1090 g/mol. The van der Waals surface area contributed by atoms with Crippen LogP contribution in [0.3, 0.4) is 0 Å². The monoisotopic (exact) mass is 1160 g/mol. The van der Waals surface area contributed by atoms with E-state index in [9.17, 15) is 10.2 Å². The van der Waals surface area contributed by atoms with Crippen molar-refractivity contribution in [1.82, 2.24) is 23.7 Å². The first-order valence-electron chi connectivity index (χ1n) is 25.8. The fourth-order valence-electron chi connectivity index (χ4n) is 10.4. The second-order valence-electron chi connectivity index (χ2n) is 25.2. The average Bonchev–Trinajstić information content (AvgIpc) is 3.99. The minimum absolute atomic E-state index is 0. The van der Waals surface area contributed by atoms with Crippen molar-refractivity contribution in [3.05, 3.63) is 173 Å². The number of phenolic OH excluding ortho intramolecular Hbond substituents is 2. The van der Waals surface area contributed by atoms with Gasteiger partial charge in [0.15, 0.2) is 11.5 Å². The fraction of sp³-hybridized carbons (Fsp3) is 0.303. The molecule has 8 heteroatoms. The van der Waals surface area contributed by atoms with Crippen LogP contribution >= 0.6 is 0 Å². The Labute approximate surface area is 452 Å². The normalized spacial score (nSPS) is 12.8. The zero-order chi connectivity index (χ0) is 52.3. The number of aromatic nitrogens is 5. The van der Waals surface area contributed by atoms with Gasteiger partial charge in [-0.2, -0.15) is 0 Å². The summed E-state index contributed by atoms with van der Waals surface area (Å²) in [7, 11) is 0. The maximum Gasteiger partial charge on any atom is 0.151 e. The number of phenols is 2. The van der Waals surface area contributed by atoms with Crippen LogP contribution in [0.2, 0.25) is 0 Å². The average molecular weight is 1160 g/mol. The van der Waals surface area contributed by atoms with Gasteiger partial charge in [0.2, 0.25) is 0 Å². The molecule has 3 heterocycles. The van der Waals surface area contributed by atoms with Crippen molar-refractivity contribution < 1.29 is 31.3 Å². The molecule has 0 saturated carbocycles. The summed E-state index contributed by atoms with van der Waals surface area (Å²) in [6, 6.07) is 51.2. The molecule has 0 atom stereocenters. The van der Waals surface area contributed by atoms with E-state index in [1.165, 1.54) is 5.56 Å². The number of imidazole rings is 2. The standard InChI is InChI=1S/C66H71N5O2.Pt/c1-62(2,3)41-31-32-51(46(35-41)40-25-19-16-20-26-40)71-53-34-33-52-54(55(53)67-60(71)48-37-43(64(7,8)9)39-50(58(48)73)66(13,14)15)56-61(69(52)44-27-21-17-22-28-44)70(45-29-23-18-24-30-45)59(68-56)47-36-42(63(4,5)6)38-49(57(47)72)65(10,11)12;/h16-39,72-73H,1-15H3;. The number of fused-ring (bicyclic) bond motifs is 5. The molecule has 0 saturated heterocycles. The van der Waals surface area contributed by atoms with E-state index in [2.05, 4.69) is 251 Å². The van der Waals surface area contributed by atoms with Gasteiger partial charge in [-0.1, -0.05) is 189 Å². The predicted molar refractivity (Wildman–Crippen MR) is 306 cm³/mol. The fourth-order valence-corrected chi connectivity index (χ4v) is 10.4. The van der Waals surface area contributed by atoms with Crippen molar-refractivity contribution in [3.63, 3.8) is 0 Å².